The number of nitrogens with zero attached hydrogens (tertiary/aromatic N) is 2. The van der Waals surface area contributed by atoms with Gasteiger partial charge in [-0.15, -0.1) is 0 Å². The van der Waals surface area contributed by atoms with E-state index in [1.54, 1.807) is 9.80 Å². The third-order valence-electron chi connectivity index (χ3n) is 3.31. The Morgan fingerprint density at radius 3 is 2.79 bits per heavy atom. The third-order valence-corrected chi connectivity index (χ3v) is 3.31. The van der Waals surface area contributed by atoms with Crippen molar-refractivity contribution in [2.75, 3.05) is 26.6 Å². The van der Waals surface area contributed by atoms with Crippen LogP contribution >= 0.6 is 0 Å². The van der Waals surface area contributed by atoms with Crippen LogP contribution < -0.4 is 0 Å². The highest BCUT2D eigenvalue weighted by molar-refractivity contribution is 5.76. The molecule has 0 saturated carbocycles. The van der Waals surface area contributed by atoms with E-state index >= 15 is 0 Å². The lowest BCUT2D eigenvalue weighted by Crippen LogP contribution is -2.37. The van der Waals surface area contributed by atoms with E-state index in [-0.39, 0.29) is 18.5 Å². The van der Waals surface area contributed by atoms with E-state index in [9.17, 15) is 9.59 Å². The van der Waals surface area contributed by atoms with Gasteiger partial charge in [0.2, 0.25) is 11.8 Å². The Balaban J connectivity index is 2.33. The van der Waals surface area contributed by atoms with Crippen molar-refractivity contribution >= 4 is 11.8 Å². The van der Waals surface area contributed by atoms with Crippen LogP contribution in [0.2, 0.25) is 0 Å². The summed E-state index contributed by atoms with van der Waals surface area (Å²) in [6.07, 6.45) is 5.16. The van der Waals surface area contributed by atoms with Crippen LogP contribution in [0.15, 0.2) is 0 Å². The van der Waals surface area contributed by atoms with Gasteiger partial charge in [0.1, 0.15) is 13.5 Å². The lowest BCUT2D eigenvalue weighted by atomic mass is 10.2. The standard InChI is InChI=1S/C14H26N2O3/c1-3-9-15(13(17)4-2)11-19-12-16-10-7-5-6-8-14(16)18/h3-12H2,1-2H3. The number of carbonyl (C=O) groups is 2. The van der Waals surface area contributed by atoms with E-state index in [4.69, 9.17) is 4.74 Å². The van der Waals surface area contributed by atoms with Crippen molar-refractivity contribution < 1.29 is 14.3 Å². The molecule has 19 heavy (non-hydrogen) atoms. The Kier molecular flexibility index (Phi) is 7.48. The molecule has 110 valence electrons. The molecule has 0 aliphatic carbocycles. The first-order chi connectivity index (χ1) is 9.19. The van der Waals surface area contributed by atoms with Gasteiger partial charge in [-0.3, -0.25) is 9.59 Å². The molecule has 0 aromatic carbocycles. The van der Waals surface area contributed by atoms with E-state index in [2.05, 4.69) is 0 Å². The monoisotopic (exact) mass is 270 g/mol. The van der Waals surface area contributed by atoms with E-state index in [0.717, 1.165) is 32.2 Å². The van der Waals surface area contributed by atoms with Gasteiger partial charge in [0.15, 0.2) is 0 Å². The maximum atomic E-state index is 11.8. The summed E-state index contributed by atoms with van der Waals surface area (Å²) in [4.78, 5) is 26.9. The van der Waals surface area contributed by atoms with Crippen molar-refractivity contribution in [1.82, 2.24) is 9.80 Å². The molecule has 1 saturated heterocycles. The summed E-state index contributed by atoms with van der Waals surface area (Å²) < 4.78 is 5.55. The molecule has 0 radical (unpaired) electrons. The van der Waals surface area contributed by atoms with Crippen LogP contribution in [-0.4, -0.2) is 48.2 Å². The largest absolute Gasteiger partial charge is 0.341 e. The Labute approximate surface area is 115 Å². The van der Waals surface area contributed by atoms with E-state index in [1.165, 1.54) is 0 Å². The smallest absolute Gasteiger partial charge is 0.224 e. The minimum Gasteiger partial charge on any atom is -0.341 e. The summed E-state index contributed by atoms with van der Waals surface area (Å²) >= 11 is 0. The highest BCUT2D eigenvalue weighted by Gasteiger charge is 2.17. The molecule has 0 atom stereocenters. The molecule has 1 rings (SSSR count). The van der Waals surface area contributed by atoms with Gasteiger partial charge >= 0.3 is 0 Å². The van der Waals surface area contributed by atoms with Crippen LogP contribution in [-0.2, 0) is 14.3 Å². The van der Waals surface area contributed by atoms with Gasteiger partial charge in [-0.1, -0.05) is 20.3 Å². The fourth-order valence-electron chi connectivity index (χ4n) is 2.19. The average molecular weight is 270 g/mol. The molecule has 1 aliphatic rings. The normalized spacial score (nSPS) is 16.3. The lowest BCUT2D eigenvalue weighted by Gasteiger charge is -2.25. The second kappa shape index (κ2) is 8.91. The van der Waals surface area contributed by atoms with Crippen molar-refractivity contribution in [3.05, 3.63) is 0 Å². The maximum absolute atomic E-state index is 11.8. The quantitative estimate of drug-likeness (QED) is 0.665. The molecule has 0 aromatic rings. The van der Waals surface area contributed by atoms with Crippen molar-refractivity contribution in [1.29, 1.82) is 0 Å². The second-order valence-electron chi connectivity index (χ2n) is 4.94. The van der Waals surface area contributed by atoms with Crippen molar-refractivity contribution in [3.63, 3.8) is 0 Å². The molecular weight excluding hydrogens is 244 g/mol. The Hall–Kier alpha value is -1.10. The van der Waals surface area contributed by atoms with Crippen LogP contribution in [0.25, 0.3) is 0 Å². The molecular formula is C14H26N2O3. The predicted octanol–water partition coefficient (Wildman–Crippen LogP) is 1.97. The zero-order valence-electron chi connectivity index (χ0n) is 12.2. The maximum Gasteiger partial charge on any atom is 0.224 e. The highest BCUT2D eigenvalue weighted by Crippen LogP contribution is 2.11. The number of rotatable bonds is 7. The fourth-order valence-corrected chi connectivity index (χ4v) is 2.19. The summed E-state index contributed by atoms with van der Waals surface area (Å²) in [6.45, 7) is 5.95. The highest BCUT2D eigenvalue weighted by atomic mass is 16.5. The Morgan fingerprint density at radius 1 is 1.32 bits per heavy atom. The Morgan fingerprint density at radius 2 is 2.11 bits per heavy atom. The van der Waals surface area contributed by atoms with Gasteiger partial charge in [0.25, 0.3) is 0 Å². The third kappa shape index (κ3) is 5.59. The number of likely N-dealkylation sites (tertiary alicyclic amines) is 1. The summed E-state index contributed by atoms with van der Waals surface area (Å²) in [7, 11) is 0. The minimum atomic E-state index is 0.101. The molecule has 1 fully saturated rings. The molecule has 0 unspecified atom stereocenters. The van der Waals surface area contributed by atoms with E-state index in [0.29, 0.717) is 26.1 Å². The van der Waals surface area contributed by atoms with E-state index < -0.39 is 0 Å². The average Bonchev–Trinajstić information content (AvgIpc) is 2.62. The van der Waals surface area contributed by atoms with Crippen molar-refractivity contribution in [3.8, 4) is 0 Å². The molecule has 0 N–H and O–H groups in total. The molecule has 0 spiro atoms. The van der Waals surface area contributed by atoms with E-state index in [1.807, 2.05) is 13.8 Å². The number of carbonyl (C=O) groups excluding carboxylic acids is 2. The van der Waals surface area contributed by atoms with Gasteiger partial charge in [-0.25, -0.2) is 0 Å². The molecule has 1 aliphatic heterocycles. The predicted molar refractivity (Wildman–Crippen MR) is 73.3 cm³/mol. The van der Waals surface area contributed by atoms with Crippen LogP contribution in [0.4, 0.5) is 0 Å². The summed E-state index contributed by atoms with van der Waals surface area (Å²) in [5.41, 5.74) is 0. The molecule has 1 heterocycles. The van der Waals surface area contributed by atoms with Crippen LogP contribution in [0.5, 0.6) is 0 Å². The van der Waals surface area contributed by atoms with Gasteiger partial charge in [0, 0.05) is 25.9 Å². The topological polar surface area (TPSA) is 49.9 Å². The second-order valence-corrected chi connectivity index (χ2v) is 4.94. The SMILES string of the molecule is CCCN(COCN1CCCCCC1=O)C(=O)CC. The molecule has 0 bridgehead atoms. The number of hydrogen-bond donors (Lipinski definition) is 0. The van der Waals surface area contributed by atoms with Crippen LogP contribution in [0, 0.1) is 0 Å². The summed E-state index contributed by atoms with van der Waals surface area (Å²) in [6, 6.07) is 0. The summed E-state index contributed by atoms with van der Waals surface area (Å²) in [5.74, 6) is 0.269. The first kappa shape index (κ1) is 16.0. The van der Waals surface area contributed by atoms with Gasteiger partial charge in [-0.2, -0.15) is 0 Å². The zero-order valence-corrected chi connectivity index (χ0v) is 12.2. The van der Waals surface area contributed by atoms with Crippen molar-refractivity contribution in [2.24, 2.45) is 0 Å². The molecule has 5 nitrogen and oxygen atoms in total. The Bertz CT molecular complexity index is 292. The molecule has 0 aromatic heterocycles. The van der Waals surface area contributed by atoms with Gasteiger partial charge in [0.05, 0.1) is 0 Å². The van der Waals surface area contributed by atoms with Gasteiger partial charge < -0.3 is 14.5 Å². The van der Waals surface area contributed by atoms with Gasteiger partial charge in [-0.05, 0) is 19.3 Å². The first-order valence-electron chi connectivity index (χ1n) is 7.32. The lowest BCUT2D eigenvalue weighted by molar-refractivity contribution is -0.143. The number of ether oxygens (including phenoxy) is 1. The van der Waals surface area contributed by atoms with Crippen LogP contribution in [0.1, 0.15) is 52.4 Å². The summed E-state index contributed by atoms with van der Waals surface area (Å²) in [5, 5.41) is 0. The minimum absolute atomic E-state index is 0.101. The number of hydrogen-bond acceptors (Lipinski definition) is 3. The molecule has 2 amide bonds. The first-order valence-corrected chi connectivity index (χ1v) is 7.32. The van der Waals surface area contributed by atoms with Crippen LogP contribution in [0.3, 0.4) is 0 Å². The zero-order chi connectivity index (χ0) is 14.1. The number of amides is 2. The fraction of sp³-hybridized carbons (Fsp3) is 0.857. The molecule has 5 heteroatoms. The van der Waals surface area contributed by atoms with Crippen molar-refractivity contribution in [2.45, 2.75) is 52.4 Å².